The van der Waals surface area contributed by atoms with Crippen LogP contribution in [-0.2, 0) is 23.7 Å². The van der Waals surface area contributed by atoms with Crippen LogP contribution in [0.5, 0.6) is 0 Å². The summed E-state index contributed by atoms with van der Waals surface area (Å²) in [6.45, 7) is 7.23. The van der Waals surface area contributed by atoms with Crippen molar-refractivity contribution in [2.75, 3.05) is 26.4 Å². The van der Waals surface area contributed by atoms with Crippen molar-refractivity contribution in [3.8, 4) is 0 Å². The second kappa shape index (κ2) is 6.51. The topological polar surface area (TPSA) is 54.0 Å². The van der Waals surface area contributed by atoms with Gasteiger partial charge in [-0.1, -0.05) is 6.92 Å². The molecule has 0 aromatic heterocycles. The molecule has 0 radical (unpaired) electrons. The third-order valence-corrected chi connectivity index (χ3v) is 8.75. The molecule has 0 aromatic rings. The molecule has 5 nitrogen and oxygen atoms in total. The lowest BCUT2D eigenvalue weighted by molar-refractivity contribution is -0.241. The number of carbonyl (C=O) groups excluding carboxylic acids is 1. The lowest BCUT2D eigenvalue weighted by Crippen LogP contribution is -2.53. The van der Waals surface area contributed by atoms with E-state index < -0.39 is 5.79 Å². The van der Waals surface area contributed by atoms with Crippen LogP contribution in [0.25, 0.3) is 0 Å². The van der Waals surface area contributed by atoms with Gasteiger partial charge >= 0.3 is 0 Å². The molecular formula is C22H34O5. The lowest BCUT2D eigenvalue weighted by atomic mass is 9.53. The third-order valence-electron chi connectivity index (χ3n) is 8.75. The van der Waals surface area contributed by atoms with Crippen LogP contribution in [0.3, 0.4) is 0 Å². The Labute approximate surface area is 162 Å². The molecule has 4 unspecified atom stereocenters. The number of hydrogen-bond acceptors (Lipinski definition) is 5. The highest BCUT2D eigenvalue weighted by Crippen LogP contribution is 2.65. The van der Waals surface area contributed by atoms with Crippen LogP contribution in [0.4, 0.5) is 0 Å². The van der Waals surface area contributed by atoms with Gasteiger partial charge in [0, 0.05) is 30.6 Å². The molecule has 5 rings (SSSR count). The summed E-state index contributed by atoms with van der Waals surface area (Å²) in [6, 6.07) is 0. The van der Waals surface area contributed by atoms with Gasteiger partial charge in [0.1, 0.15) is 5.78 Å². The van der Waals surface area contributed by atoms with Gasteiger partial charge in [0.25, 0.3) is 0 Å². The molecule has 5 heteroatoms. The van der Waals surface area contributed by atoms with Gasteiger partial charge < -0.3 is 18.9 Å². The van der Waals surface area contributed by atoms with Gasteiger partial charge in [0.15, 0.2) is 11.6 Å². The van der Waals surface area contributed by atoms with E-state index >= 15 is 0 Å². The maximum absolute atomic E-state index is 12.8. The molecule has 1 spiro atoms. The van der Waals surface area contributed by atoms with Crippen LogP contribution in [0.2, 0.25) is 0 Å². The Bertz CT molecular complexity index is 592. The van der Waals surface area contributed by atoms with Crippen LogP contribution in [0.15, 0.2) is 0 Å². The van der Waals surface area contributed by atoms with Crippen molar-refractivity contribution >= 4 is 5.78 Å². The Morgan fingerprint density at radius 1 is 0.889 bits per heavy atom. The quantitative estimate of drug-likeness (QED) is 0.750. The molecule has 5 fully saturated rings. The predicted octanol–water partition coefficient (Wildman–Crippen LogP) is 3.69. The number of ketones is 1. The molecule has 0 aromatic carbocycles. The molecule has 5 atom stereocenters. The molecule has 0 N–H and O–H groups in total. The van der Waals surface area contributed by atoms with Crippen LogP contribution in [-0.4, -0.2) is 43.8 Å². The van der Waals surface area contributed by atoms with E-state index in [9.17, 15) is 4.79 Å². The summed E-state index contributed by atoms with van der Waals surface area (Å²) in [4.78, 5) is 12.8. The first-order valence-corrected chi connectivity index (χ1v) is 11.0. The molecule has 2 aliphatic heterocycles. The Kier molecular flexibility index (Phi) is 4.47. The molecule has 0 bridgehead atoms. The van der Waals surface area contributed by atoms with Crippen molar-refractivity contribution in [2.45, 2.75) is 76.8 Å². The average molecular weight is 379 g/mol. The maximum atomic E-state index is 12.8. The Balaban J connectivity index is 1.33. The highest BCUT2D eigenvalue weighted by atomic mass is 16.7. The third kappa shape index (κ3) is 2.76. The maximum Gasteiger partial charge on any atom is 0.174 e. The summed E-state index contributed by atoms with van der Waals surface area (Å²) in [7, 11) is 0. The normalized spacial score (nSPS) is 45.2. The number of hydrogen-bond donors (Lipinski definition) is 0. The van der Waals surface area contributed by atoms with E-state index in [-0.39, 0.29) is 17.1 Å². The van der Waals surface area contributed by atoms with Gasteiger partial charge in [-0.15, -0.1) is 0 Å². The Morgan fingerprint density at radius 3 is 2.33 bits per heavy atom. The van der Waals surface area contributed by atoms with Gasteiger partial charge in [0.05, 0.1) is 26.4 Å². The first-order chi connectivity index (χ1) is 13.0. The summed E-state index contributed by atoms with van der Waals surface area (Å²) < 4.78 is 24.0. The molecule has 27 heavy (non-hydrogen) atoms. The first kappa shape index (κ1) is 18.5. The summed E-state index contributed by atoms with van der Waals surface area (Å²) in [5, 5.41) is 0. The van der Waals surface area contributed by atoms with Crippen LogP contribution in [0.1, 0.15) is 65.2 Å². The fraction of sp³-hybridized carbons (Fsp3) is 0.955. The number of fused-ring (bicyclic) bond motifs is 4. The molecule has 152 valence electrons. The van der Waals surface area contributed by atoms with E-state index in [0.717, 1.165) is 58.2 Å². The molecular weight excluding hydrogens is 344 g/mol. The minimum atomic E-state index is -0.487. The van der Waals surface area contributed by atoms with Gasteiger partial charge in [-0.3, -0.25) is 4.79 Å². The number of ether oxygens (including phenoxy) is 4. The largest absolute Gasteiger partial charge is 0.348 e. The highest BCUT2D eigenvalue weighted by molar-refractivity contribution is 5.82. The van der Waals surface area contributed by atoms with E-state index in [1.54, 1.807) is 0 Å². The predicted molar refractivity (Wildman–Crippen MR) is 99.0 cm³/mol. The van der Waals surface area contributed by atoms with Crippen LogP contribution >= 0.6 is 0 Å². The van der Waals surface area contributed by atoms with E-state index in [0.29, 0.717) is 36.8 Å². The standard InChI is InChI=1S/C22H34O5/c1-20-8-5-15-16(18(20)7-10-22(20)26-13-14-27-22)3-4-19(23)17(15)6-9-21(2)24-11-12-25-21/h15-18H,3-14H2,1-2H3/t15?,16?,17?,18?,20-/m1/s1. The second-order valence-corrected chi connectivity index (χ2v) is 9.86. The van der Waals surface area contributed by atoms with Crippen molar-refractivity contribution in [1.82, 2.24) is 0 Å². The number of rotatable bonds is 3. The molecule has 3 aliphatic carbocycles. The van der Waals surface area contributed by atoms with Crippen molar-refractivity contribution in [3.63, 3.8) is 0 Å². The summed E-state index contributed by atoms with van der Waals surface area (Å²) in [5.41, 5.74) is 0.110. The van der Waals surface area contributed by atoms with Gasteiger partial charge in [-0.25, -0.2) is 0 Å². The van der Waals surface area contributed by atoms with Gasteiger partial charge in [-0.05, 0) is 56.8 Å². The molecule has 2 heterocycles. The highest BCUT2D eigenvalue weighted by Gasteiger charge is 2.65. The lowest BCUT2D eigenvalue weighted by Gasteiger charge is -2.54. The minimum Gasteiger partial charge on any atom is -0.348 e. The van der Waals surface area contributed by atoms with Crippen LogP contribution < -0.4 is 0 Å². The van der Waals surface area contributed by atoms with Crippen molar-refractivity contribution in [3.05, 3.63) is 0 Å². The zero-order valence-corrected chi connectivity index (χ0v) is 16.8. The monoisotopic (exact) mass is 378 g/mol. The van der Waals surface area contributed by atoms with Gasteiger partial charge in [-0.2, -0.15) is 0 Å². The Morgan fingerprint density at radius 2 is 1.59 bits per heavy atom. The van der Waals surface area contributed by atoms with E-state index in [1.165, 1.54) is 6.42 Å². The number of carbonyl (C=O) groups is 1. The molecule has 2 saturated heterocycles. The SMILES string of the molecule is CC1(CCC2C(=O)CCC3C2CC[C@]2(C)C3CCC23OCCO3)OCCO1. The fourth-order valence-corrected chi connectivity index (χ4v) is 7.34. The Hall–Kier alpha value is -0.490. The zero-order chi connectivity index (χ0) is 18.7. The minimum absolute atomic E-state index is 0.110. The van der Waals surface area contributed by atoms with Crippen molar-refractivity contribution in [1.29, 1.82) is 0 Å². The summed E-state index contributed by atoms with van der Waals surface area (Å²) >= 11 is 0. The smallest absolute Gasteiger partial charge is 0.174 e. The second-order valence-electron chi connectivity index (χ2n) is 9.86. The number of Topliss-reactive ketones (excluding diaryl/α,β-unsaturated/α-hetero) is 1. The van der Waals surface area contributed by atoms with E-state index in [2.05, 4.69) is 6.92 Å². The van der Waals surface area contributed by atoms with Gasteiger partial charge in [0.2, 0.25) is 0 Å². The van der Waals surface area contributed by atoms with E-state index in [1.807, 2.05) is 6.92 Å². The molecule has 0 amide bonds. The van der Waals surface area contributed by atoms with Crippen LogP contribution in [0, 0.1) is 29.1 Å². The summed E-state index contributed by atoms with van der Waals surface area (Å²) in [6.07, 6.45) is 7.97. The molecule has 5 aliphatic rings. The van der Waals surface area contributed by atoms with E-state index in [4.69, 9.17) is 18.9 Å². The first-order valence-electron chi connectivity index (χ1n) is 11.0. The van der Waals surface area contributed by atoms with Crippen molar-refractivity contribution < 1.29 is 23.7 Å². The fourth-order valence-electron chi connectivity index (χ4n) is 7.34. The average Bonchev–Trinajstić information content (AvgIpc) is 3.36. The zero-order valence-electron chi connectivity index (χ0n) is 16.8. The summed E-state index contributed by atoms with van der Waals surface area (Å²) in [5.74, 6) is 1.60. The molecule has 3 saturated carbocycles. The van der Waals surface area contributed by atoms with Crippen molar-refractivity contribution in [2.24, 2.45) is 29.1 Å².